The third-order valence-electron chi connectivity index (χ3n) is 3.27. The molecule has 0 radical (unpaired) electrons. The lowest BCUT2D eigenvalue weighted by Crippen LogP contribution is -2.10. The van der Waals surface area contributed by atoms with E-state index < -0.39 is 0 Å². The van der Waals surface area contributed by atoms with Crippen LogP contribution >= 0.6 is 0 Å². The van der Waals surface area contributed by atoms with E-state index in [1.165, 1.54) is 11.1 Å². The van der Waals surface area contributed by atoms with Crippen LogP contribution in [-0.2, 0) is 6.54 Å². The SMILES string of the molecule is COc1cc(CN)ccc1OCCOc1cc(C)cc(C)c1. The molecule has 2 N–H and O–H groups in total. The standard InChI is InChI=1S/C18H23NO3/c1-13-8-14(2)10-16(9-13)21-6-7-22-17-5-4-15(12-19)11-18(17)20-3/h4-5,8-11H,6-7,12,19H2,1-3H3. The van der Waals surface area contributed by atoms with E-state index >= 15 is 0 Å². The highest BCUT2D eigenvalue weighted by Gasteiger charge is 2.05. The number of benzene rings is 2. The summed E-state index contributed by atoms with van der Waals surface area (Å²) in [5, 5.41) is 0. The molecule has 0 aromatic heterocycles. The molecule has 0 fully saturated rings. The molecule has 4 nitrogen and oxygen atoms in total. The average Bonchev–Trinajstić information content (AvgIpc) is 2.50. The van der Waals surface area contributed by atoms with E-state index in [0.29, 0.717) is 31.3 Å². The van der Waals surface area contributed by atoms with Crippen molar-refractivity contribution in [1.29, 1.82) is 0 Å². The predicted molar refractivity (Wildman–Crippen MR) is 87.8 cm³/mol. The molecule has 2 aromatic carbocycles. The lowest BCUT2D eigenvalue weighted by molar-refractivity contribution is 0.211. The number of rotatable bonds is 7. The zero-order valence-corrected chi connectivity index (χ0v) is 13.4. The normalized spacial score (nSPS) is 10.4. The summed E-state index contributed by atoms with van der Waals surface area (Å²) in [6.07, 6.45) is 0. The second kappa shape index (κ2) is 7.71. The quantitative estimate of drug-likeness (QED) is 0.798. The maximum absolute atomic E-state index is 5.72. The summed E-state index contributed by atoms with van der Waals surface area (Å²) in [7, 11) is 1.62. The van der Waals surface area contributed by atoms with E-state index in [1.54, 1.807) is 7.11 Å². The second-order valence-electron chi connectivity index (χ2n) is 5.21. The Morgan fingerprint density at radius 1 is 0.864 bits per heavy atom. The minimum absolute atomic E-state index is 0.450. The summed E-state index contributed by atoms with van der Waals surface area (Å²) in [5.74, 6) is 2.25. The number of hydrogen-bond acceptors (Lipinski definition) is 4. The Morgan fingerprint density at radius 2 is 1.55 bits per heavy atom. The van der Waals surface area contributed by atoms with Crippen molar-refractivity contribution in [2.75, 3.05) is 20.3 Å². The molecule has 0 bridgehead atoms. The van der Waals surface area contributed by atoms with Crippen LogP contribution in [0.5, 0.6) is 17.2 Å². The van der Waals surface area contributed by atoms with Gasteiger partial charge in [-0.1, -0.05) is 12.1 Å². The highest BCUT2D eigenvalue weighted by atomic mass is 16.5. The fourth-order valence-electron chi connectivity index (χ4n) is 2.29. The minimum Gasteiger partial charge on any atom is -0.493 e. The summed E-state index contributed by atoms with van der Waals surface area (Å²) >= 11 is 0. The number of methoxy groups -OCH3 is 1. The monoisotopic (exact) mass is 301 g/mol. The molecule has 0 aliphatic heterocycles. The van der Waals surface area contributed by atoms with Gasteiger partial charge in [-0.25, -0.2) is 0 Å². The molecule has 4 heteroatoms. The Bertz CT molecular complexity index is 605. The number of hydrogen-bond donors (Lipinski definition) is 1. The van der Waals surface area contributed by atoms with Crippen molar-refractivity contribution in [3.63, 3.8) is 0 Å². The highest BCUT2D eigenvalue weighted by Crippen LogP contribution is 2.27. The van der Waals surface area contributed by atoms with E-state index in [1.807, 2.05) is 30.3 Å². The molecule has 0 saturated heterocycles. The first-order chi connectivity index (χ1) is 10.6. The fourth-order valence-corrected chi connectivity index (χ4v) is 2.29. The molecule has 0 amide bonds. The molecule has 0 aliphatic rings. The number of nitrogens with two attached hydrogens (primary N) is 1. The first-order valence-corrected chi connectivity index (χ1v) is 7.33. The van der Waals surface area contributed by atoms with Gasteiger partial charge in [-0.2, -0.15) is 0 Å². The van der Waals surface area contributed by atoms with Crippen LogP contribution in [0.25, 0.3) is 0 Å². The summed E-state index contributed by atoms with van der Waals surface area (Å²) < 4.78 is 16.8. The van der Waals surface area contributed by atoms with Gasteiger partial charge in [0.15, 0.2) is 11.5 Å². The smallest absolute Gasteiger partial charge is 0.161 e. The van der Waals surface area contributed by atoms with Crippen molar-refractivity contribution in [2.24, 2.45) is 5.73 Å². The van der Waals surface area contributed by atoms with Gasteiger partial charge in [-0.05, 0) is 54.8 Å². The van der Waals surface area contributed by atoms with Crippen molar-refractivity contribution in [1.82, 2.24) is 0 Å². The van der Waals surface area contributed by atoms with Crippen LogP contribution in [0, 0.1) is 13.8 Å². The zero-order valence-electron chi connectivity index (χ0n) is 13.4. The topological polar surface area (TPSA) is 53.7 Å². The van der Waals surface area contributed by atoms with Gasteiger partial charge in [-0.3, -0.25) is 0 Å². The summed E-state index contributed by atoms with van der Waals surface area (Å²) in [5.41, 5.74) is 9.01. The van der Waals surface area contributed by atoms with Gasteiger partial charge >= 0.3 is 0 Å². The zero-order chi connectivity index (χ0) is 15.9. The van der Waals surface area contributed by atoms with Gasteiger partial charge in [0.05, 0.1) is 7.11 Å². The molecule has 22 heavy (non-hydrogen) atoms. The fraction of sp³-hybridized carbons (Fsp3) is 0.333. The molecule has 0 unspecified atom stereocenters. The minimum atomic E-state index is 0.450. The van der Waals surface area contributed by atoms with Crippen molar-refractivity contribution in [3.8, 4) is 17.2 Å². The largest absolute Gasteiger partial charge is 0.493 e. The Balaban J connectivity index is 1.88. The molecule has 2 aromatic rings. The van der Waals surface area contributed by atoms with Crippen molar-refractivity contribution >= 4 is 0 Å². The first kappa shape index (κ1) is 16.2. The molecule has 0 heterocycles. The van der Waals surface area contributed by atoms with Gasteiger partial charge in [0, 0.05) is 6.54 Å². The lowest BCUT2D eigenvalue weighted by atomic mass is 10.1. The summed E-state index contributed by atoms with van der Waals surface area (Å²) in [4.78, 5) is 0. The molecule has 0 atom stereocenters. The molecule has 118 valence electrons. The van der Waals surface area contributed by atoms with Crippen molar-refractivity contribution in [3.05, 3.63) is 53.1 Å². The van der Waals surface area contributed by atoms with Crippen LogP contribution in [0.1, 0.15) is 16.7 Å². The highest BCUT2D eigenvalue weighted by molar-refractivity contribution is 5.42. The predicted octanol–water partition coefficient (Wildman–Crippen LogP) is 3.23. The van der Waals surface area contributed by atoms with Crippen LogP contribution in [0.4, 0.5) is 0 Å². The summed E-state index contributed by atoms with van der Waals surface area (Å²) in [6.45, 7) is 5.52. The van der Waals surface area contributed by atoms with Gasteiger partial charge in [0.2, 0.25) is 0 Å². The number of aryl methyl sites for hydroxylation is 2. The van der Waals surface area contributed by atoms with E-state index in [0.717, 1.165) is 11.3 Å². The Kier molecular flexibility index (Phi) is 5.67. The second-order valence-corrected chi connectivity index (χ2v) is 5.21. The van der Waals surface area contributed by atoms with E-state index in [2.05, 4.69) is 19.9 Å². The third-order valence-corrected chi connectivity index (χ3v) is 3.27. The molecular formula is C18H23NO3. The van der Waals surface area contributed by atoms with Crippen molar-refractivity contribution < 1.29 is 14.2 Å². The Hall–Kier alpha value is -2.20. The van der Waals surface area contributed by atoms with Gasteiger partial charge in [0.1, 0.15) is 19.0 Å². The number of ether oxygens (including phenoxy) is 3. The molecule has 0 aliphatic carbocycles. The first-order valence-electron chi connectivity index (χ1n) is 7.33. The van der Waals surface area contributed by atoms with E-state index in [-0.39, 0.29) is 0 Å². The Morgan fingerprint density at radius 3 is 2.18 bits per heavy atom. The van der Waals surface area contributed by atoms with Gasteiger partial charge in [-0.15, -0.1) is 0 Å². The van der Waals surface area contributed by atoms with Gasteiger partial charge < -0.3 is 19.9 Å². The van der Waals surface area contributed by atoms with Crippen LogP contribution in [0.3, 0.4) is 0 Å². The van der Waals surface area contributed by atoms with Crippen LogP contribution in [0.15, 0.2) is 36.4 Å². The van der Waals surface area contributed by atoms with E-state index in [9.17, 15) is 0 Å². The molecule has 2 rings (SSSR count). The van der Waals surface area contributed by atoms with E-state index in [4.69, 9.17) is 19.9 Å². The van der Waals surface area contributed by atoms with Crippen LogP contribution < -0.4 is 19.9 Å². The van der Waals surface area contributed by atoms with Crippen molar-refractivity contribution in [2.45, 2.75) is 20.4 Å². The average molecular weight is 301 g/mol. The Labute approximate surface area is 131 Å². The van der Waals surface area contributed by atoms with Crippen LogP contribution in [0.2, 0.25) is 0 Å². The molecule has 0 saturated carbocycles. The third kappa shape index (κ3) is 4.40. The van der Waals surface area contributed by atoms with Gasteiger partial charge in [0.25, 0.3) is 0 Å². The summed E-state index contributed by atoms with van der Waals surface area (Å²) in [6, 6.07) is 11.8. The maximum Gasteiger partial charge on any atom is 0.161 e. The molecule has 0 spiro atoms. The lowest BCUT2D eigenvalue weighted by Gasteiger charge is -2.13. The maximum atomic E-state index is 5.72. The molecular weight excluding hydrogens is 278 g/mol. The van der Waals surface area contributed by atoms with Crippen LogP contribution in [-0.4, -0.2) is 20.3 Å².